The van der Waals surface area contributed by atoms with Gasteiger partial charge in [0.15, 0.2) is 17.4 Å². The van der Waals surface area contributed by atoms with E-state index in [1.165, 1.54) is 7.11 Å². The van der Waals surface area contributed by atoms with Crippen LogP contribution in [0, 0.1) is 11.6 Å². The van der Waals surface area contributed by atoms with Gasteiger partial charge in [-0.05, 0) is 17.7 Å². The van der Waals surface area contributed by atoms with Gasteiger partial charge in [0.1, 0.15) is 0 Å². The van der Waals surface area contributed by atoms with Gasteiger partial charge in [0.05, 0.1) is 13.2 Å². The number of hydrogen-bond acceptors (Lipinski definition) is 4. The largest absolute Gasteiger partial charge is 0.503 e. The molecule has 0 fully saturated rings. The van der Waals surface area contributed by atoms with Crippen molar-refractivity contribution in [3.05, 3.63) is 29.3 Å². The Morgan fingerprint density at radius 2 is 2.00 bits per heavy atom. The fourth-order valence-electron chi connectivity index (χ4n) is 1.40. The van der Waals surface area contributed by atoms with E-state index in [1.807, 2.05) is 0 Å². The molecular formula is C12H16F2N2O3. The highest BCUT2D eigenvalue weighted by atomic mass is 19.1. The van der Waals surface area contributed by atoms with Gasteiger partial charge >= 0.3 is 0 Å². The number of methoxy groups -OCH3 is 1. The molecule has 0 heterocycles. The molecule has 1 amide bonds. The van der Waals surface area contributed by atoms with Crippen molar-refractivity contribution in [2.75, 3.05) is 26.8 Å². The molecule has 0 radical (unpaired) electrons. The zero-order valence-electron chi connectivity index (χ0n) is 10.5. The first-order chi connectivity index (χ1) is 9.04. The molecule has 1 rings (SSSR count). The highest BCUT2D eigenvalue weighted by molar-refractivity contribution is 5.77. The maximum Gasteiger partial charge on any atom is 0.234 e. The predicted octanol–water partition coefficient (Wildman–Crippen LogP) is 0.523. The standard InChI is InChI=1S/C12H16F2N2O3/c1-19-3-2-16-11(17)7-15-6-8-4-9(13)12(18)10(14)5-8/h4-5,15,18H,2-3,6-7H2,1H3,(H,16,17). The highest BCUT2D eigenvalue weighted by Gasteiger charge is 2.09. The molecule has 0 aliphatic carbocycles. The van der Waals surface area contributed by atoms with Crippen LogP contribution in [-0.2, 0) is 16.1 Å². The smallest absolute Gasteiger partial charge is 0.234 e. The molecule has 0 unspecified atom stereocenters. The monoisotopic (exact) mass is 274 g/mol. The van der Waals surface area contributed by atoms with Gasteiger partial charge in [-0.1, -0.05) is 0 Å². The number of benzene rings is 1. The van der Waals surface area contributed by atoms with E-state index in [0.717, 1.165) is 12.1 Å². The first-order valence-electron chi connectivity index (χ1n) is 5.68. The number of carbonyl (C=O) groups is 1. The van der Waals surface area contributed by atoms with E-state index in [0.29, 0.717) is 18.7 Å². The molecule has 3 N–H and O–H groups in total. The molecule has 0 atom stereocenters. The van der Waals surface area contributed by atoms with Crippen LogP contribution in [0.1, 0.15) is 5.56 Å². The van der Waals surface area contributed by atoms with Crippen LogP contribution in [0.4, 0.5) is 8.78 Å². The zero-order chi connectivity index (χ0) is 14.3. The second-order valence-corrected chi connectivity index (χ2v) is 3.85. The fourth-order valence-corrected chi connectivity index (χ4v) is 1.40. The van der Waals surface area contributed by atoms with Gasteiger partial charge in [-0.25, -0.2) is 8.78 Å². The normalized spacial score (nSPS) is 10.5. The second kappa shape index (κ2) is 7.65. The van der Waals surface area contributed by atoms with Gasteiger partial charge < -0.3 is 20.5 Å². The van der Waals surface area contributed by atoms with Gasteiger partial charge in [-0.3, -0.25) is 4.79 Å². The van der Waals surface area contributed by atoms with Crippen molar-refractivity contribution in [3.63, 3.8) is 0 Å². The summed E-state index contributed by atoms with van der Waals surface area (Å²) in [6, 6.07) is 2.02. The Labute approximate surface area is 109 Å². The molecule has 0 saturated carbocycles. The first-order valence-corrected chi connectivity index (χ1v) is 5.68. The molecule has 1 aromatic carbocycles. The van der Waals surface area contributed by atoms with Gasteiger partial charge in [0.2, 0.25) is 5.91 Å². The summed E-state index contributed by atoms with van der Waals surface area (Å²) >= 11 is 0. The van der Waals surface area contributed by atoms with Crippen molar-refractivity contribution in [1.29, 1.82) is 0 Å². The molecule has 7 heteroatoms. The summed E-state index contributed by atoms with van der Waals surface area (Å²) in [5.41, 5.74) is 0.303. The molecule has 0 saturated heterocycles. The summed E-state index contributed by atoms with van der Waals surface area (Å²) in [6.45, 7) is 0.958. The fraction of sp³-hybridized carbons (Fsp3) is 0.417. The number of phenolic OH excluding ortho intramolecular Hbond substituents is 1. The van der Waals surface area contributed by atoms with Gasteiger partial charge in [-0.2, -0.15) is 0 Å². The second-order valence-electron chi connectivity index (χ2n) is 3.85. The number of ether oxygens (including phenoxy) is 1. The molecular weight excluding hydrogens is 258 g/mol. The van der Waals surface area contributed by atoms with Crippen LogP contribution in [0.3, 0.4) is 0 Å². The molecule has 0 aliphatic rings. The third-order valence-electron chi connectivity index (χ3n) is 2.32. The van der Waals surface area contributed by atoms with Crippen molar-refractivity contribution in [2.45, 2.75) is 6.54 Å². The summed E-state index contributed by atoms with van der Waals surface area (Å²) in [5.74, 6) is -3.29. The molecule has 19 heavy (non-hydrogen) atoms. The number of halogens is 2. The lowest BCUT2D eigenvalue weighted by atomic mass is 10.2. The highest BCUT2D eigenvalue weighted by Crippen LogP contribution is 2.21. The van der Waals surface area contributed by atoms with Gasteiger partial charge in [0.25, 0.3) is 0 Å². The van der Waals surface area contributed by atoms with Gasteiger partial charge in [-0.15, -0.1) is 0 Å². The number of carbonyl (C=O) groups excluding carboxylic acids is 1. The number of amides is 1. The molecule has 0 bridgehead atoms. The topological polar surface area (TPSA) is 70.6 Å². The number of aromatic hydroxyl groups is 1. The van der Waals surface area contributed by atoms with E-state index in [-0.39, 0.29) is 19.0 Å². The first kappa shape index (κ1) is 15.3. The Kier molecular flexibility index (Phi) is 6.17. The van der Waals surface area contributed by atoms with Crippen molar-refractivity contribution in [2.24, 2.45) is 0 Å². The molecule has 5 nitrogen and oxygen atoms in total. The van der Waals surface area contributed by atoms with E-state index in [1.54, 1.807) is 0 Å². The van der Waals surface area contributed by atoms with Crippen LogP contribution in [0.25, 0.3) is 0 Å². The quantitative estimate of drug-likeness (QED) is 0.634. The van der Waals surface area contributed by atoms with Crippen LogP contribution < -0.4 is 10.6 Å². The van der Waals surface area contributed by atoms with Crippen LogP contribution >= 0.6 is 0 Å². The maximum absolute atomic E-state index is 13.0. The van der Waals surface area contributed by atoms with E-state index in [2.05, 4.69) is 10.6 Å². The predicted molar refractivity (Wildman–Crippen MR) is 64.6 cm³/mol. The zero-order valence-corrected chi connectivity index (χ0v) is 10.5. The van der Waals surface area contributed by atoms with Crippen molar-refractivity contribution in [1.82, 2.24) is 10.6 Å². The lowest BCUT2D eigenvalue weighted by Crippen LogP contribution is -2.35. The van der Waals surface area contributed by atoms with Crippen LogP contribution in [0.5, 0.6) is 5.75 Å². The van der Waals surface area contributed by atoms with Gasteiger partial charge in [0, 0.05) is 20.2 Å². The minimum Gasteiger partial charge on any atom is -0.503 e. The van der Waals surface area contributed by atoms with E-state index in [9.17, 15) is 13.6 Å². The van der Waals surface area contributed by atoms with Crippen molar-refractivity contribution >= 4 is 5.91 Å². The lowest BCUT2D eigenvalue weighted by molar-refractivity contribution is -0.120. The Hall–Kier alpha value is -1.73. The summed E-state index contributed by atoms with van der Waals surface area (Å²) < 4.78 is 30.8. The summed E-state index contributed by atoms with van der Waals surface area (Å²) in [4.78, 5) is 11.3. The van der Waals surface area contributed by atoms with E-state index in [4.69, 9.17) is 9.84 Å². The molecule has 0 aromatic heterocycles. The number of rotatable bonds is 7. The third kappa shape index (κ3) is 5.19. The van der Waals surface area contributed by atoms with Crippen LogP contribution in [-0.4, -0.2) is 37.8 Å². The SMILES string of the molecule is COCCNC(=O)CNCc1cc(F)c(O)c(F)c1. The summed E-state index contributed by atoms with van der Waals surface area (Å²) in [6.07, 6.45) is 0. The number of nitrogens with one attached hydrogen (secondary N) is 2. The van der Waals surface area contributed by atoms with Crippen molar-refractivity contribution < 1.29 is 23.4 Å². The minimum absolute atomic E-state index is 0.0217. The Morgan fingerprint density at radius 1 is 1.37 bits per heavy atom. The summed E-state index contributed by atoms with van der Waals surface area (Å²) in [5, 5.41) is 14.2. The Bertz CT molecular complexity index is 418. The molecule has 0 spiro atoms. The van der Waals surface area contributed by atoms with Crippen molar-refractivity contribution in [3.8, 4) is 5.75 Å². The lowest BCUT2D eigenvalue weighted by Gasteiger charge is -2.07. The average Bonchev–Trinajstić information content (AvgIpc) is 2.36. The Morgan fingerprint density at radius 3 is 2.58 bits per heavy atom. The maximum atomic E-state index is 13.0. The molecule has 1 aromatic rings. The minimum atomic E-state index is -1.03. The molecule has 106 valence electrons. The third-order valence-corrected chi connectivity index (χ3v) is 2.32. The molecule has 0 aliphatic heterocycles. The Balaban J connectivity index is 2.35. The van der Waals surface area contributed by atoms with E-state index < -0.39 is 17.4 Å². The number of phenols is 1. The van der Waals surface area contributed by atoms with Crippen LogP contribution in [0.15, 0.2) is 12.1 Å². The van der Waals surface area contributed by atoms with E-state index >= 15 is 0 Å². The summed E-state index contributed by atoms with van der Waals surface area (Å²) in [7, 11) is 1.53. The number of hydrogen-bond donors (Lipinski definition) is 3. The van der Waals surface area contributed by atoms with Crippen LogP contribution in [0.2, 0.25) is 0 Å². The average molecular weight is 274 g/mol.